The van der Waals surface area contributed by atoms with Gasteiger partial charge in [-0.3, -0.25) is 9.69 Å². The first-order valence-corrected chi connectivity index (χ1v) is 7.68. The first kappa shape index (κ1) is 14.8. The average molecular weight is 268 g/mol. The maximum atomic E-state index is 12.3. The molecule has 1 unspecified atom stereocenters. The van der Waals surface area contributed by atoms with Crippen LogP contribution in [0.2, 0.25) is 0 Å². The van der Waals surface area contributed by atoms with Gasteiger partial charge < -0.3 is 10.0 Å². The van der Waals surface area contributed by atoms with Crippen LogP contribution in [0.3, 0.4) is 0 Å². The second kappa shape index (κ2) is 6.23. The van der Waals surface area contributed by atoms with Gasteiger partial charge in [-0.05, 0) is 39.2 Å². The molecule has 1 atom stereocenters. The number of likely N-dealkylation sites (tertiary alicyclic amines) is 1. The quantitative estimate of drug-likeness (QED) is 0.846. The summed E-state index contributed by atoms with van der Waals surface area (Å²) < 4.78 is 0. The summed E-state index contributed by atoms with van der Waals surface area (Å²) in [5.74, 6) is 0.213. The fourth-order valence-corrected chi connectivity index (χ4v) is 3.43. The van der Waals surface area contributed by atoms with Crippen molar-refractivity contribution in [2.45, 2.75) is 63.5 Å². The topological polar surface area (TPSA) is 43.8 Å². The maximum absolute atomic E-state index is 12.3. The minimum atomic E-state index is -0.623. The average Bonchev–Trinajstić information content (AvgIpc) is 2.37. The lowest BCUT2D eigenvalue weighted by atomic mass is 9.94. The standard InChI is InChI=1S/C15H28N2O2/c1-15(19)9-6-10-17(12-15)11-14(18)16(2)13-7-4-3-5-8-13/h13,19H,3-12H2,1-2H3. The van der Waals surface area contributed by atoms with Crippen LogP contribution in [0.4, 0.5) is 0 Å². The van der Waals surface area contributed by atoms with E-state index in [-0.39, 0.29) is 5.91 Å². The summed E-state index contributed by atoms with van der Waals surface area (Å²) in [5.41, 5.74) is -0.623. The van der Waals surface area contributed by atoms with Crippen molar-refractivity contribution in [2.75, 3.05) is 26.7 Å². The van der Waals surface area contributed by atoms with E-state index in [1.807, 2.05) is 18.9 Å². The molecule has 1 N–H and O–H groups in total. The van der Waals surface area contributed by atoms with E-state index in [0.717, 1.165) is 32.2 Å². The van der Waals surface area contributed by atoms with E-state index in [1.54, 1.807) is 0 Å². The Kier molecular flexibility index (Phi) is 4.85. The second-order valence-electron chi connectivity index (χ2n) is 6.61. The molecule has 1 aliphatic carbocycles. The van der Waals surface area contributed by atoms with Crippen LogP contribution in [0.25, 0.3) is 0 Å². The van der Waals surface area contributed by atoms with Crippen LogP contribution in [0.15, 0.2) is 0 Å². The predicted molar refractivity (Wildman–Crippen MR) is 75.9 cm³/mol. The molecule has 19 heavy (non-hydrogen) atoms. The van der Waals surface area contributed by atoms with Gasteiger partial charge in [0.25, 0.3) is 0 Å². The molecule has 0 spiro atoms. The molecule has 1 heterocycles. The van der Waals surface area contributed by atoms with Crippen LogP contribution in [-0.2, 0) is 4.79 Å². The van der Waals surface area contributed by atoms with Gasteiger partial charge in [-0.2, -0.15) is 0 Å². The van der Waals surface area contributed by atoms with Gasteiger partial charge in [0.2, 0.25) is 5.91 Å². The monoisotopic (exact) mass is 268 g/mol. The summed E-state index contributed by atoms with van der Waals surface area (Å²) in [4.78, 5) is 16.4. The number of carbonyl (C=O) groups excluding carboxylic acids is 1. The number of nitrogens with zero attached hydrogens (tertiary/aromatic N) is 2. The van der Waals surface area contributed by atoms with Crippen LogP contribution in [-0.4, -0.2) is 59.1 Å². The highest BCUT2D eigenvalue weighted by atomic mass is 16.3. The number of aliphatic hydroxyl groups is 1. The Hall–Kier alpha value is -0.610. The Labute approximate surface area is 116 Å². The van der Waals surface area contributed by atoms with Crippen LogP contribution in [0.1, 0.15) is 51.9 Å². The zero-order chi connectivity index (χ0) is 13.9. The molecular formula is C15H28N2O2. The number of piperidine rings is 1. The number of hydrogen-bond acceptors (Lipinski definition) is 3. The largest absolute Gasteiger partial charge is 0.389 e. The van der Waals surface area contributed by atoms with Gasteiger partial charge in [-0.15, -0.1) is 0 Å². The highest BCUT2D eigenvalue weighted by molar-refractivity contribution is 5.78. The van der Waals surface area contributed by atoms with E-state index in [2.05, 4.69) is 4.90 Å². The molecule has 1 amide bonds. The summed E-state index contributed by atoms with van der Waals surface area (Å²) in [5, 5.41) is 10.1. The van der Waals surface area contributed by atoms with Crippen molar-refractivity contribution in [2.24, 2.45) is 0 Å². The fourth-order valence-electron chi connectivity index (χ4n) is 3.43. The highest BCUT2D eigenvalue weighted by Crippen LogP contribution is 2.23. The van der Waals surface area contributed by atoms with Crippen molar-refractivity contribution < 1.29 is 9.90 Å². The summed E-state index contributed by atoms with van der Waals surface area (Å²) in [7, 11) is 1.94. The third kappa shape index (κ3) is 4.18. The number of rotatable bonds is 3. The molecule has 4 heteroatoms. The van der Waals surface area contributed by atoms with E-state index < -0.39 is 5.60 Å². The molecule has 0 bridgehead atoms. The molecule has 1 saturated carbocycles. The van der Waals surface area contributed by atoms with Crippen LogP contribution in [0.5, 0.6) is 0 Å². The Morgan fingerprint density at radius 2 is 2.00 bits per heavy atom. The molecule has 1 saturated heterocycles. The molecule has 0 aromatic rings. The molecule has 0 radical (unpaired) electrons. The normalized spacial score (nSPS) is 30.3. The number of amides is 1. The molecule has 0 aromatic carbocycles. The van der Waals surface area contributed by atoms with Crippen molar-refractivity contribution in [3.05, 3.63) is 0 Å². The lowest BCUT2D eigenvalue weighted by molar-refractivity contribution is -0.135. The van der Waals surface area contributed by atoms with Gasteiger partial charge in [-0.1, -0.05) is 19.3 Å². The Balaban J connectivity index is 1.82. The minimum Gasteiger partial charge on any atom is -0.389 e. The second-order valence-corrected chi connectivity index (χ2v) is 6.61. The number of hydrogen-bond donors (Lipinski definition) is 1. The van der Waals surface area contributed by atoms with Crippen molar-refractivity contribution in [1.29, 1.82) is 0 Å². The van der Waals surface area contributed by atoms with Crippen LogP contribution < -0.4 is 0 Å². The van der Waals surface area contributed by atoms with Gasteiger partial charge in [0.05, 0.1) is 12.1 Å². The highest BCUT2D eigenvalue weighted by Gasteiger charge is 2.30. The number of carbonyl (C=O) groups is 1. The molecule has 2 aliphatic rings. The van der Waals surface area contributed by atoms with Gasteiger partial charge in [0.15, 0.2) is 0 Å². The Morgan fingerprint density at radius 1 is 1.32 bits per heavy atom. The molecule has 0 aromatic heterocycles. The van der Waals surface area contributed by atoms with E-state index in [9.17, 15) is 9.90 Å². The molecule has 2 rings (SSSR count). The molecule has 2 fully saturated rings. The summed E-state index contributed by atoms with van der Waals surface area (Å²) in [6.45, 7) is 3.88. The predicted octanol–water partition coefficient (Wildman–Crippen LogP) is 1.62. The molecule has 1 aliphatic heterocycles. The van der Waals surface area contributed by atoms with E-state index in [0.29, 0.717) is 19.1 Å². The van der Waals surface area contributed by atoms with Crippen LogP contribution >= 0.6 is 0 Å². The van der Waals surface area contributed by atoms with E-state index in [4.69, 9.17) is 0 Å². The van der Waals surface area contributed by atoms with Gasteiger partial charge >= 0.3 is 0 Å². The third-order valence-corrected chi connectivity index (χ3v) is 4.63. The summed E-state index contributed by atoms with van der Waals surface area (Å²) in [6.07, 6.45) is 7.94. The summed E-state index contributed by atoms with van der Waals surface area (Å²) >= 11 is 0. The SMILES string of the molecule is CN(C(=O)CN1CCCC(C)(O)C1)C1CCCCC1. The zero-order valence-corrected chi connectivity index (χ0v) is 12.4. The first-order valence-electron chi connectivity index (χ1n) is 7.68. The summed E-state index contributed by atoms with van der Waals surface area (Å²) in [6, 6.07) is 0.437. The Morgan fingerprint density at radius 3 is 2.63 bits per heavy atom. The van der Waals surface area contributed by atoms with Gasteiger partial charge in [0, 0.05) is 19.6 Å². The zero-order valence-electron chi connectivity index (χ0n) is 12.4. The smallest absolute Gasteiger partial charge is 0.236 e. The molecular weight excluding hydrogens is 240 g/mol. The number of β-amino-alcohol motifs (C(OH)–C–C–N with tert-alkyl or cyclic N) is 1. The molecule has 4 nitrogen and oxygen atoms in total. The van der Waals surface area contributed by atoms with Crippen LogP contribution in [0, 0.1) is 0 Å². The van der Waals surface area contributed by atoms with Crippen molar-refractivity contribution >= 4 is 5.91 Å². The number of likely N-dealkylation sites (N-methyl/N-ethyl adjacent to an activating group) is 1. The minimum absolute atomic E-state index is 0.213. The third-order valence-electron chi connectivity index (χ3n) is 4.63. The fraction of sp³-hybridized carbons (Fsp3) is 0.933. The van der Waals surface area contributed by atoms with E-state index in [1.165, 1.54) is 19.3 Å². The van der Waals surface area contributed by atoms with Crippen molar-refractivity contribution in [3.8, 4) is 0 Å². The maximum Gasteiger partial charge on any atom is 0.236 e. The lowest BCUT2D eigenvalue weighted by Crippen LogP contribution is -2.51. The molecule has 110 valence electrons. The van der Waals surface area contributed by atoms with Crippen molar-refractivity contribution in [1.82, 2.24) is 9.80 Å². The van der Waals surface area contributed by atoms with Crippen molar-refractivity contribution in [3.63, 3.8) is 0 Å². The lowest BCUT2D eigenvalue weighted by Gasteiger charge is -2.38. The van der Waals surface area contributed by atoms with E-state index >= 15 is 0 Å². The Bertz CT molecular complexity index is 311. The first-order chi connectivity index (χ1) is 8.98. The van der Waals surface area contributed by atoms with Gasteiger partial charge in [0.1, 0.15) is 0 Å². The van der Waals surface area contributed by atoms with Gasteiger partial charge in [-0.25, -0.2) is 0 Å².